The molecule has 1 aromatic carbocycles. The molecular formula is C22H26F3N3O3S. The number of nitrogens with zero attached hydrogens (tertiary/aromatic N) is 3. The van der Waals surface area contributed by atoms with Crippen molar-refractivity contribution in [2.45, 2.75) is 56.5 Å². The molecule has 1 amide bonds. The molecule has 0 radical (unpaired) electrons. The molecule has 0 spiro atoms. The number of hydrogen-bond donors (Lipinski definition) is 0. The van der Waals surface area contributed by atoms with Gasteiger partial charge in [-0.05, 0) is 57.4 Å². The number of hydrogen-bond acceptors (Lipinski definition) is 6. The standard InChI is InChI=1S/C22H26F3N3O3S/c1-13-6-5-7-14(2)28(13)20(29)12-32-21-26-16(11-19(27-21)22(23,24)25)15-8-9-17(30-3)18(10-15)31-4/h8-11,13-14H,5-7,12H2,1-4H3/t13-,14+. The quantitative estimate of drug-likeness (QED) is 0.435. The van der Waals surface area contributed by atoms with E-state index in [-0.39, 0.29) is 34.6 Å². The molecule has 1 aliphatic heterocycles. The normalized spacial score (nSPS) is 19.0. The Labute approximate surface area is 189 Å². The monoisotopic (exact) mass is 469 g/mol. The lowest BCUT2D eigenvalue weighted by molar-refractivity contribution is -0.141. The number of likely N-dealkylation sites (tertiary alicyclic amines) is 1. The molecule has 32 heavy (non-hydrogen) atoms. The molecule has 2 aromatic rings. The zero-order chi connectivity index (χ0) is 23.5. The summed E-state index contributed by atoms with van der Waals surface area (Å²) in [5, 5.41) is -0.102. The number of ether oxygens (including phenoxy) is 2. The molecule has 1 aromatic heterocycles. The lowest BCUT2D eigenvalue weighted by Gasteiger charge is -2.39. The zero-order valence-corrected chi connectivity index (χ0v) is 19.2. The molecule has 0 saturated carbocycles. The second-order valence-corrected chi connectivity index (χ2v) is 8.65. The maximum absolute atomic E-state index is 13.5. The van der Waals surface area contributed by atoms with E-state index in [0.717, 1.165) is 37.1 Å². The van der Waals surface area contributed by atoms with Crippen molar-refractivity contribution >= 4 is 17.7 Å². The molecule has 0 bridgehead atoms. The van der Waals surface area contributed by atoms with Crippen molar-refractivity contribution in [2.24, 2.45) is 0 Å². The van der Waals surface area contributed by atoms with Gasteiger partial charge in [0.2, 0.25) is 5.91 Å². The summed E-state index contributed by atoms with van der Waals surface area (Å²) in [7, 11) is 2.91. The zero-order valence-electron chi connectivity index (χ0n) is 18.4. The molecule has 1 fully saturated rings. The fourth-order valence-electron chi connectivity index (χ4n) is 3.89. The van der Waals surface area contributed by atoms with E-state index in [0.29, 0.717) is 17.1 Å². The van der Waals surface area contributed by atoms with E-state index in [2.05, 4.69) is 9.97 Å². The minimum Gasteiger partial charge on any atom is -0.493 e. The molecule has 6 nitrogen and oxygen atoms in total. The number of aromatic nitrogens is 2. The Hall–Kier alpha value is -2.49. The molecular weight excluding hydrogens is 443 g/mol. The molecule has 3 rings (SSSR count). The third kappa shape index (κ3) is 5.46. The average molecular weight is 470 g/mol. The van der Waals surface area contributed by atoms with E-state index < -0.39 is 11.9 Å². The number of carbonyl (C=O) groups excluding carboxylic acids is 1. The van der Waals surface area contributed by atoms with Crippen LogP contribution in [0.3, 0.4) is 0 Å². The average Bonchev–Trinajstić information content (AvgIpc) is 2.76. The third-order valence-electron chi connectivity index (χ3n) is 5.48. The van der Waals surface area contributed by atoms with Crippen LogP contribution >= 0.6 is 11.8 Å². The summed E-state index contributed by atoms with van der Waals surface area (Å²) < 4.78 is 50.9. The summed E-state index contributed by atoms with van der Waals surface area (Å²) in [6.07, 6.45) is -1.75. The Kier molecular flexibility index (Phi) is 7.53. The Morgan fingerprint density at radius 2 is 1.75 bits per heavy atom. The van der Waals surface area contributed by atoms with Crippen molar-refractivity contribution in [3.05, 3.63) is 30.0 Å². The number of amides is 1. The van der Waals surface area contributed by atoms with Gasteiger partial charge < -0.3 is 14.4 Å². The van der Waals surface area contributed by atoms with Crippen LogP contribution in [0.2, 0.25) is 0 Å². The minimum atomic E-state index is -4.65. The van der Waals surface area contributed by atoms with E-state index in [1.165, 1.54) is 14.2 Å². The Morgan fingerprint density at radius 1 is 1.09 bits per heavy atom. The van der Waals surface area contributed by atoms with E-state index in [1.54, 1.807) is 18.2 Å². The molecule has 2 heterocycles. The van der Waals surface area contributed by atoms with E-state index in [1.807, 2.05) is 18.7 Å². The van der Waals surface area contributed by atoms with Crippen LogP contribution in [-0.2, 0) is 11.0 Å². The van der Waals surface area contributed by atoms with Crippen LogP contribution in [-0.4, -0.2) is 52.8 Å². The molecule has 0 aliphatic carbocycles. The van der Waals surface area contributed by atoms with Crippen molar-refractivity contribution in [2.75, 3.05) is 20.0 Å². The fourth-order valence-corrected chi connectivity index (χ4v) is 4.62. The number of halogens is 3. The molecule has 10 heteroatoms. The summed E-state index contributed by atoms with van der Waals surface area (Å²) >= 11 is 0.914. The number of alkyl halides is 3. The van der Waals surface area contributed by atoms with Gasteiger partial charge in [-0.3, -0.25) is 4.79 Å². The van der Waals surface area contributed by atoms with E-state index in [9.17, 15) is 18.0 Å². The first-order valence-corrected chi connectivity index (χ1v) is 11.2. The van der Waals surface area contributed by atoms with Gasteiger partial charge in [0.1, 0.15) is 5.69 Å². The summed E-state index contributed by atoms with van der Waals surface area (Å²) in [4.78, 5) is 22.5. The van der Waals surface area contributed by atoms with Gasteiger partial charge in [0.15, 0.2) is 16.7 Å². The number of methoxy groups -OCH3 is 2. The van der Waals surface area contributed by atoms with Crippen LogP contribution in [0.4, 0.5) is 13.2 Å². The first-order chi connectivity index (χ1) is 15.1. The highest BCUT2D eigenvalue weighted by molar-refractivity contribution is 7.99. The van der Waals surface area contributed by atoms with Crippen LogP contribution in [0.15, 0.2) is 29.4 Å². The molecule has 174 valence electrons. The van der Waals surface area contributed by atoms with Crippen molar-refractivity contribution in [3.8, 4) is 22.8 Å². The highest BCUT2D eigenvalue weighted by Gasteiger charge is 2.34. The van der Waals surface area contributed by atoms with Gasteiger partial charge in [-0.15, -0.1) is 0 Å². The number of rotatable bonds is 6. The highest BCUT2D eigenvalue weighted by Crippen LogP contribution is 2.35. The largest absolute Gasteiger partial charge is 0.493 e. The van der Waals surface area contributed by atoms with Gasteiger partial charge in [-0.25, -0.2) is 9.97 Å². The van der Waals surface area contributed by atoms with Gasteiger partial charge in [0.05, 0.1) is 25.7 Å². The van der Waals surface area contributed by atoms with E-state index in [4.69, 9.17) is 9.47 Å². The molecule has 1 aliphatic rings. The topological polar surface area (TPSA) is 64.5 Å². The Bertz CT molecular complexity index is 961. The first-order valence-electron chi connectivity index (χ1n) is 10.3. The summed E-state index contributed by atoms with van der Waals surface area (Å²) in [6, 6.07) is 5.85. The highest BCUT2D eigenvalue weighted by atomic mass is 32.2. The Balaban J connectivity index is 1.89. The molecule has 0 unspecified atom stereocenters. The SMILES string of the molecule is COc1ccc(-c2cc(C(F)(F)F)nc(SCC(=O)N3[C@H](C)CCC[C@@H]3C)n2)cc1OC. The Morgan fingerprint density at radius 3 is 2.34 bits per heavy atom. The summed E-state index contributed by atoms with van der Waals surface area (Å²) in [5.74, 6) is 0.672. The summed E-state index contributed by atoms with van der Waals surface area (Å²) in [6.45, 7) is 3.99. The lowest BCUT2D eigenvalue weighted by atomic mass is 9.98. The molecule has 0 N–H and O–H groups in total. The van der Waals surface area contributed by atoms with E-state index >= 15 is 0 Å². The van der Waals surface area contributed by atoms with Crippen LogP contribution in [0, 0.1) is 0 Å². The van der Waals surface area contributed by atoms with Crippen molar-refractivity contribution in [1.29, 1.82) is 0 Å². The van der Waals surface area contributed by atoms with Crippen molar-refractivity contribution < 1.29 is 27.4 Å². The minimum absolute atomic E-state index is 0.0264. The summed E-state index contributed by atoms with van der Waals surface area (Å²) in [5.41, 5.74) is -0.558. The van der Waals surface area contributed by atoms with Gasteiger partial charge >= 0.3 is 6.18 Å². The third-order valence-corrected chi connectivity index (χ3v) is 6.31. The predicted octanol–water partition coefficient (Wildman–Crippen LogP) is 5.06. The van der Waals surface area contributed by atoms with Crippen molar-refractivity contribution in [3.63, 3.8) is 0 Å². The van der Waals surface area contributed by atoms with Crippen LogP contribution in [0.25, 0.3) is 11.3 Å². The molecule has 2 atom stereocenters. The predicted molar refractivity (Wildman–Crippen MR) is 116 cm³/mol. The first kappa shape index (κ1) is 24.2. The molecule has 1 saturated heterocycles. The van der Waals surface area contributed by atoms with Crippen LogP contribution < -0.4 is 9.47 Å². The van der Waals surface area contributed by atoms with Crippen molar-refractivity contribution in [1.82, 2.24) is 14.9 Å². The maximum atomic E-state index is 13.5. The van der Waals surface area contributed by atoms with Crippen LogP contribution in [0.1, 0.15) is 38.8 Å². The second kappa shape index (κ2) is 9.97. The number of thioether (sulfide) groups is 1. The van der Waals surface area contributed by atoms with Gasteiger partial charge in [-0.1, -0.05) is 11.8 Å². The fraction of sp³-hybridized carbons (Fsp3) is 0.500. The van der Waals surface area contributed by atoms with Gasteiger partial charge in [-0.2, -0.15) is 13.2 Å². The lowest BCUT2D eigenvalue weighted by Crippen LogP contribution is -2.48. The smallest absolute Gasteiger partial charge is 0.433 e. The number of piperidine rings is 1. The van der Waals surface area contributed by atoms with Crippen LogP contribution in [0.5, 0.6) is 11.5 Å². The second-order valence-electron chi connectivity index (χ2n) is 7.71. The van der Waals surface area contributed by atoms with Gasteiger partial charge in [0.25, 0.3) is 0 Å². The number of carbonyl (C=O) groups is 1. The number of benzene rings is 1. The maximum Gasteiger partial charge on any atom is 0.433 e. The van der Waals surface area contributed by atoms with Gasteiger partial charge in [0, 0.05) is 17.6 Å².